The molecule has 0 saturated carbocycles. The van der Waals surface area contributed by atoms with Crippen LogP contribution in [0.5, 0.6) is 0 Å². The van der Waals surface area contributed by atoms with Crippen LogP contribution in [0.4, 0.5) is 10.1 Å². The molecule has 0 aromatic heterocycles. The number of thioether (sulfide) groups is 1. The predicted molar refractivity (Wildman–Crippen MR) is 114 cm³/mol. The molecule has 0 unspecified atom stereocenters. The van der Waals surface area contributed by atoms with Gasteiger partial charge in [-0.3, -0.25) is 14.5 Å². The van der Waals surface area contributed by atoms with Crippen LogP contribution in [-0.2, 0) is 19.6 Å². The smallest absolute Gasteiger partial charge is 0.284 e. The minimum atomic E-state index is -4.05. The Bertz CT molecular complexity index is 1090. The standard InChI is InChI=1S/C19H17ClFN3O4S2/c1-2-24-18(26)16(11-17(25)22-14-7-5-13(21)6-8-14)29-19(24)23-30(27,28)15-9-3-12(20)4-10-15/h3-10,16H,2,11H2,1H3,(H,22,25)/t16-/m0/s1. The van der Waals surface area contributed by atoms with Crippen LogP contribution in [-0.4, -0.2) is 42.1 Å². The fourth-order valence-electron chi connectivity index (χ4n) is 2.68. The number of carbonyl (C=O) groups excluding carboxylic acids is 2. The maximum atomic E-state index is 13.0. The van der Waals surface area contributed by atoms with Crippen molar-refractivity contribution >= 4 is 56.1 Å². The molecule has 2 amide bonds. The van der Waals surface area contributed by atoms with Crippen LogP contribution >= 0.6 is 23.4 Å². The Morgan fingerprint density at radius 2 is 1.83 bits per heavy atom. The van der Waals surface area contributed by atoms with E-state index in [-0.39, 0.29) is 23.0 Å². The van der Waals surface area contributed by atoms with Crippen LogP contribution in [0.2, 0.25) is 5.02 Å². The Balaban J connectivity index is 1.75. The molecule has 158 valence electrons. The second kappa shape index (κ2) is 9.15. The van der Waals surface area contributed by atoms with E-state index in [0.29, 0.717) is 10.7 Å². The second-order valence-electron chi connectivity index (χ2n) is 6.25. The van der Waals surface area contributed by atoms with E-state index in [9.17, 15) is 22.4 Å². The number of halogens is 2. The van der Waals surface area contributed by atoms with Gasteiger partial charge in [-0.2, -0.15) is 8.42 Å². The van der Waals surface area contributed by atoms with Gasteiger partial charge in [-0.25, -0.2) is 4.39 Å². The maximum Gasteiger partial charge on any atom is 0.284 e. The number of anilines is 1. The highest BCUT2D eigenvalue weighted by Gasteiger charge is 2.39. The highest BCUT2D eigenvalue weighted by molar-refractivity contribution is 8.16. The number of carbonyl (C=O) groups is 2. The van der Waals surface area contributed by atoms with Crippen LogP contribution in [0.25, 0.3) is 0 Å². The van der Waals surface area contributed by atoms with Gasteiger partial charge < -0.3 is 5.32 Å². The van der Waals surface area contributed by atoms with Crippen LogP contribution in [0.3, 0.4) is 0 Å². The zero-order chi connectivity index (χ0) is 21.9. The average molecular weight is 470 g/mol. The van der Waals surface area contributed by atoms with Gasteiger partial charge in [-0.1, -0.05) is 23.4 Å². The van der Waals surface area contributed by atoms with E-state index in [1.54, 1.807) is 6.92 Å². The quantitative estimate of drug-likeness (QED) is 0.698. The molecular formula is C19H17ClFN3O4S2. The molecule has 2 aromatic carbocycles. The molecule has 1 aliphatic rings. The van der Waals surface area contributed by atoms with Crippen molar-refractivity contribution in [2.45, 2.75) is 23.5 Å². The summed E-state index contributed by atoms with van der Waals surface area (Å²) in [6.45, 7) is 1.89. The highest BCUT2D eigenvalue weighted by atomic mass is 35.5. The molecule has 0 radical (unpaired) electrons. The first-order chi connectivity index (χ1) is 14.2. The van der Waals surface area contributed by atoms with Crippen molar-refractivity contribution in [1.29, 1.82) is 0 Å². The minimum absolute atomic E-state index is 0.0111. The number of rotatable bonds is 6. The van der Waals surface area contributed by atoms with Crippen molar-refractivity contribution in [3.8, 4) is 0 Å². The summed E-state index contributed by atoms with van der Waals surface area (Å²) in [6, 6.07) is 10.7. The number of hydrogen-bond donors (Lipinski definition) is 1. The summed E-state index contributed by atoms with van der Waals surface area (Å²) in [5.41, 5.74) is 0.392. The van der Waals surface area contributed by atoms with Gasteiger partial charge in [-0.15, -0.1) is 4.40 Å². The first kappa shape index (κ1) is 22.3. The van der Waals surface area contributed by atoms with Gasteiger partial charge in [0.2, 0.25) is 11.8 Å². The van der Waals surface area contributed by atoms with Gasteiger partial charge in [0, 0.05) is 23.7 Å². The zero-order valence-electron chi connectivity index (χ0n) is 15.7. The molecule has 1 atom stereocenters. The topological polar surface area (TPSA) is 95.9 Å². The molecular weight excluding hydrogens is 453 g/mol. The van der Waals surface area contributed by atoms with E-state index in [4.69, 9.17) is 11.6 Å². The maximum absolute atomic E-state index is 13.0. The largest absolute Gasteiger partial charge is 0.326 e. The van der Waals surface area contributed by atoms with Gasteiger partial charge in [-0.05, 0) is 55.5 Å². The Morgan fingerprint density at radius 3 is 2.43 bits per heavy atom. The predicted octanol–water partition coefficient (Wildman–Crippen LogP) is 3.52. The summed E-state index contributed by atoms with van der Waals surface area (Å²) < 4.78 is 41.9. The third-order valence-corrected chi connectivity index (χ3v) is 6.97. The summed E-state index contributed by atoms with van der Waals surface area (Å²) in [5, 5.41) is 2.16. The summed E-state index contributed by atoms with van der Waals surface area (Å²) in [5.74, 6) is -1.29. The summed E-state index contributed by atoms with van der Waals surface area (Å²) in [7, 11) is -4.05. The fraction of sp³-hybridized carbons (Fsp3) is 0.211. The van der Waals surface area contributed by atoms with E-state index in [2.05, 4.69) is 9.71 Å². The second-order valence-corrected chi connectivity index (χ2v) is 9.46. The molecule has 0 spiro atoms. The number of sulfonamides is 1. The average Bonchev–Trinajstić information content (AvgIpc) is 2.97. The summed E-state index contributed by atoms with van der Waals surface area (Å²) in [4.78, 5) is 26.1. The van der Waals surface area contributed by atoms with Crippen molar-refractivity contribution in [2.75, 3.05) is 11.9 Å². The molecule has 1 heterocycles. The van der Waals surface area contributed by atoms with Gasteiger partial charge in [0.15, 0.2) is 5.17 Å². The Kier molecular flexibility index (Phi) is 6.79. The van der Waals surface area contributed by atoms with Crippen LogP contribution in [0, 0.1) is 5.82 Å². The van der Waals surface area contributed by atoms with Gasteiger partial charge >= 0.3 is 0 Å². The number of benzene rings is 2. The lowest BCUT2D eigenvalue weighted by atomic mass is 10.2. The van der Waals surface area contributed by atoms with Crippen molar-refractivity contribution in [1.82, 2.24) is 4.90 Å². The summed E-state index contributed by atoms with van der Waals surface area (Å²) >= 11 is 6.70. The third-order valence-electron chi connectivity index (χ3n) is 4.14. The molecule has 11 heteroatoms. The SMILES string of the molecule is CCN1C(=O)[C@H](CC(=O)Nc2ccc(F)cc2)SC1=NS(=O)(=O)c1ccc(Cl)cc1. The summed E-state index contributed by atoms with van der Waals surface area (Å²) in [6.07, 6.45) is -0.183. The molecule has 0 aliphatic carbocycles. The number of nitrogens with one attached hydrogen (secondary N) is 1. The van der Waals surface area contributed by atoms with E-state index >= 15 is 0 Å². The molecule has 1 aliphatic heterocycles. The number of nitrogens with zero attached hydrogens (tertiary/aromatic N) is 2. The molecule has 0 bridgehead atoms. The van der Waals surface area contributed by atoms with E-state index < -0.39 is 32.9 Å². The molecule has 30 heavy (non-hydrogen) atoms. The van der Waals surface area contributed by atoms with Crippen molar-refractivity contribution in [3.63, 3.8) is 0 Å². The first-order valence-electron chi connectivity index (χ1n) is 8.83. The molecule has 1 fully saturated rings. The number of hydrogen-bond acceptors (Lipinski definition) is 5. The van der Waals surface area contributed by atoms with E-state index in [0.717, 1.165) is 11.8 Å². The lowest BCUT2D eigenvalue weighted by Crippen LogP contribution is -2.33. The normalized spacial score (nSPS) is 18.1. The van der Waals surface area contributed by atoms with Crippen LogP contribution in [0.15, 0.2) is 57.8 Å². The Hall–Kier alpha value is -2.43. The minimum Gasteiger partial charge on any atom is -0.326 e. The van der Waals surface area contributed by atoms with Crippen molar-refractivity contribution in [2.24, 2.45) is 4.40 Å². The highest BCUT2D eigenvalue weighted by Crippen LogP contribution is 2.31. The van der Waals surface area contributed by atoms with Crippen molar-refractivity contribution < 1.29 is 22.4 Å². The van der Waals surface area contributed by atoms with Gasteiger partial charge in [0.05, 0.1) is 4.90 Å². The zero-order valence-corrected chi connectivity index (χ0v) is 18.1. The van der Waals surface area contributed by atoms with Gasteiger partial charge in [0.1, 0.15) is 11.1 Å². The molecule has 1 N–H and O–H groups in total. The van der Waals surface area contributed by atoms with E-state index in [1.807, 2.05) is 0 Å². The van der Waals surface area contributed by atoms with Crippen LogP contribution in [0.1, 0.15) is 13.3 Å². The van der Waals surface area contributed by atoms with E-state index in [1.165, 1.54) is 53.4 Å². The molecule has 2 aromatic rings. The van der Waals surface area contributed by atoms with Crippen LogP contribution < -0.4 is 5.32 Å². The Morgan fingerprint density at radius 1 is 1.20 bits per heavy atom. The lowest BCUT2D eigenvalue weighted by Gasteiger charge is -2.13. The monoisotopic (exact) mass is 469 g/mol. The Labute approximate surface area is 182 Å². The van der Waals surface area contributed by atoms with Gasteiger partial charge in [0.25, 0.3) is 10.0 Å². The van der Waals surface area contributed by atoms with Crippen molar-refractivity contribution in [3.05, 3.63) is 59.4 Å². The number of amidine groups is 1. The number of amides is 2. The fourth-order valence-corrected chi connectivity index (χ4v) is 5.22. The molecule has 1 saturated heterocycles. The lowest BCUT2D eigenvalue weighted by molar-refractivity contribution is -0.128. The third kappa shape index (κ3) is 5.18. The first-order valence-corrected chi connectivity index (χ1v) is 11.5. The molecule has 3 rings (SSSR count). The molecule has 7 nitrogen and oxygen atoms in total.